The fraction of sp³-hybridized carbons (Fsp3) is 0.567. The number of rotatable bonds is 8. The molecule has 1 saturated carbocycles. The van der Waals surface area contributed by atoms with Crippen molar-refractivity contribution in [3.05, 3.63) is 47.5 Å². The lowest BCUT2D eigenvalue weighted by Crippen LogP contribution is -2.50. The maximum Gasteiger partial charge on any atom is 0.410 e. The number of hydrogen-bond donors (Lipinski definition) is 2. The van der Waals surface area contributed by atoms with Gasteiger partial charge in [-0.05, 0) is 64.7 Å². The minimum absolute atomic E-state index is 0.00699. The number of benzene rings is 1. The Balaban J connectivity index is 1.40. The van der Waals surface area contributed by atoms with Gasteiger partial charge in [0.2, 0.25) is 0 Å². The van der Waals surface area contributed by atoms with E-state index in [1.54, 1.807) is 4.90 Å². The zero-order valence-corrected chi connectivity index (χ0v) is 24.4. The van der Waals surface area contributed by atoms with Gasteiger partial charge in [0, 0.05) is 61.7 Å². The molecule has 1 aliphatic heterocycles. The summed E-state index contributed by atoms with van der Waals surface area (Å²) in [6, 6.07) is 4.19. The Morgan fingerprint density at radius 3 is 2.17 bits per heavy atom. The summed E-state index contributed by atoms with van der Waals surface area (Å²) >= 11 is 0. The van der Waals surface area contributed by atoms with Crippen molar-refractivity contribution in [2.24, 2.45) is 5.41 Å². The average molecular weight is 570 g/mol. The van der Waals surface area contributed by atoms with Crippen LogP contribution in [0.1, 0.15) is 81.0 Å². The third-order valence-electron chi connectivity index (χ3n) is 7.21. The molecule has 2 aliphatic rings. The number of piperidine rings is 1. The Hall–Kier alpha value is -3.60. The van der Waals surface area contributed by atoms with Gasteiger partial charge in [0.25, 0.3) is 11.8 Å². The number of carbonyl (C=O) groups is 3. The van der Waals surface area contributed by atoms with E-state index in [1.807, 2.05) is 39.5 Å². The summed E-state index contributed by atoms with van der Waals surface area (Å²) in [4.78, 5) is 50.5. The number of likely N-dealkylation sites (tertiary alicyclic amines) is 1. The van der Waals surface area contributed by atoms with Crippen LogP contribution in [0.25, 0.3) is 11.4 Å². The molecule has 0 bridgehead atoms. The summed E-state index contributed by atoms with van der Waals surface area (Å²) < 4.78 is 20.4. The first-order valence-corrected chi connectivity index (χ1v) is 14.1. The molecule has 11 heteroatoms. The molecule has 2 heterocycles. The highest BCUT2D eigenvalue weighted by Crippen LogP contribution is 2.33. The van der Waals surface area contributed by atoms with E-state index >= 15 is 0 Å². The highest BCUT2D eigenvalue weighted by molar-refractivity contribution is 5.95. The van der Waals surface area contributed by atoms with Gasteiger partial charge in [-0.1, -0.05) is 13.8 Å². The number of carbonyl (C=O) groups excluding carboxylic acids is 3. The maximum atomic E-state index is 14.9. The smallest absolute Gasteiger partial charge is 0.410 e. The first-order chi connectivity index (χ1) is 19.3. The van der Waals surface area contributed by atoms with E-state index in [0.717, 1.165) is 18.9 Å². The van der Waals surface area contributed by atoms with Crippen molar-refractivity contribution >= 4 is 17.9 Å². The van der Waals surface area contributed by atoms with Gasteiger partial charge in [-0.3, -0.25) is 9.59 Å². The standard InChI is InChI=1S/C30H40FN5O5/c1-29(2,3)41-28(40)35-12-10-22(11-13-35)36(21-7-8-21)27(39)20-15-32-25(33-16-20)23-9-6-19(14-24(23)31)26(38)34-17-30(4,5)18-37/h6,9,14-16,21-22,37H,7-8,10-13,17-18H2,1-5H3,(H,34,38). The first kappa shape index (κ1) is 30.4. The molecule has 3 amide bonds. The lowest BCUT2D eigenvalue weighted by Gasteiger charge is -2.39. The average Bonchev–Trinajstić information content (AvgIpc) is 3.76. The number of nitrogens with one attached hydrogen (secondary N) is 1. The molecule has 1 aliphatic carbocycles. The summed E-state index contributed by atoms with van der Waals surface area (Å²) in [6.07, 6.45) is 5.65. The third kappa shape index (κ3) is 7.78. The lowest BCUT2D eigenvalue weighted by molar-refractivity contribution is 0.0142. The van der Waals surface area contributed by atoms with Crippen LogP contribution in [0.2, 0.25) is 0 Å². The van der Waals surface area contributed by atoms with E-state index in [4.69, 9.17) is 4.74 Å². The van der Waals surface area contributed by atoms with Crippen molar-refractivity contribution in [1.82, 2.24) is 25.1 Å². The van der Waals surface area contributed by atoms with Gasteiger partial charge in [-0.15, -0.1) is 0 Å². The van der Waals surface area contributed by atoms with Crippen molar-refractivity contribution in [1.29, 1.82) is 0 Å². The molecule has 10 nitrogen and oxygen atoms in total. The van der Waals surface area contributed by atoms with Gasteiger partial charge >= 0.3 is 6.09 Å². The molecular formula is C30H40FN5O5. The number of aromatic nitrogens is 2. The van der Waals surface area contributed by atoms with Crippen LogP contribution in [0.4, 0.5) is 9.18 Å². The minimum Gasteiger partial charge on any atom is -0.444 e. The number of halogens is 1. The first-order valence-electron chi connectivity index (χ1n) is 14.1. The summed E-state index contributed by atoms with van der Waals surface area (Å²) in [5.41, 5.74) is -0.478. The van der Waals surface area contributed by atoms with Crippen LogP contribution in [0, 0.1) is 11.2 Å². The molecule has 2 aromatic rings. The quantitative estimate of drug-likeness (QED) is 0.492. The molecule has 0 spiro atoms. The Labute approximate surface area is 240 Å². The van der Waals surface area contributed by atoms with E-state index in [0.29, 0.717) is 31.5 Å². The molecule has 1 saturated heterocycles. The SMILES string of the molecule is CC(C)(CO)CNC(=O)c1ccc(-c2ncc(C(=O)N(C3CC3)C3CCN(C(=O)OC(C)(C)C)CC3)cn2)c(F)c1. The van der Waals surface area contributed by atoms with Crippen molar-refractivity contribution in [3.63, 3.8) is 0 Å². The van der Waals surface area contributed by atoms with E-state index < -0.39 is 22.7 Å². The zero-order valence-electron chi connectivity index (χ0n) is 24.4. The van der Waals surface area contributed by atoms with Crippen LogP contribution < -0.4 is 5.32 Å². The summed E-state index contributed by atoms with van der Waals surface area (Å²) in [5.74, 6) is -1.17. The van der Waals surface area contributed by atoms with Gasteiger partial charge in [-0.25, -0.2) is 19.2 Å². The maximum absolute atomic E-state index is 14.9. The van der Waals surface area contributed by atoms with Crippen molar-refractivity contribution < 1.29 is 28.6 Å². The van der Waals surface area contributed by atoms with Crippen molar-refractivity contribution in [2.45, 2.75) is 78.0 Å². The van der Waals surface area contributed by atoms with Gasteiger partial charge in [0.1, 0.15) is 11.4 Å². The van der Waals surface area contributed by atoms with Crippen molar-refractivity contribution in [2.75, 3.05) is 26.2 Å². The monoisotopic (exact) mass is 569 g/mol. The molecule has 0 atom stereocenters. The Bertz CT molecular complexity index is 1270. The molecule has 0 radical (unpaired) electrons. The number of hydrogen-bond acceptors (Lipinski definition) is 7. The second kappa shape index (κ2) is 12.1. The topological polar surface area (TPSA) is 125 Å². The van der Waals surface area contributed by atoms with Crippen LogP contribution in [0.15, 0.2) is 30.6 Å². The molecule has 41 heavy (non-hydrogen) atoms. The number of aliphatic hydroxyl groups is 1. The highest BCUT2D eigenvalue weighted by Gasteiger charge is 2.40. The predicted octanol–water partition coefficient (Wildman–Crippen LogP) is 4.04. The predicted molar refractivity (Wildman–Crippen MR) is 151 cm³/mol. The van der Waals surface area contributed by atoms with Gasteiger partial charge in [0.15, 0.2) is 5.82 Å². The Morgan fingerprint density at radius 2 is 1.63 bits per heavy atom. The fourth-order valence-electron chi connectivity index (χ4n) is 4.68. The van der Waals surface area contributed by atoms with E-state index in [9.17, 15) is 23.9 Å². The number of ether oxygens (including phenoxy) is 1. The van der Waals surface area contributed by atoms with Crippen LogP contribution in [-0.2, 0) is 4.74 Å². The molecule has 1 aromatic carbocycles. The van der Waals surface area contributed by atoms with Gasteiger partial charge in [0.05, 0.1) is 11.1 Å². The number of amides is 3. The molecule has 0 unspecified atom stereocenters. The minimum atomic E-state index is -0.658. The zero-order chi connectivity index (χ0) is 29.9. The van der Waals surface area contributed by atoms with Gasteiger partial charge < -0.3 is 25.0 Å². The molecule has 222 valence electrons. The second-order valence-corrected chi connectivity index (χ2v) is 12.6. The summed E-state index contributed by atoms with van der Waals surface area (Å²) in [7, 11) is 0. The third-order valence-corrected chi connectivity index (χ3v) is 7.21. The largest absolute Gasteiger partial charge is 0.444 e. The van der Waals surface area contributed by atoms with Crippen molar-refractivity contribution in [3.8, 4) is 11.4 Å². The Kier molecular flexibility index (Phi) is 8.96. The summed E-state index contributed by atoms with van der Waals surface area (Å²) in [6.45, 7) is 10.3. The normalized spacial score (nSPS) is 16.3. The lowest BCUT2D eigenvalue weighted by atomic mass is 9.95. The van der Waals surface area contributed by atoms with E-state index in [-0.39, 0.29) is 54.2 Å². The fourth-order valence-corrected chi connectivity index (χ4v) is 4.68. The molecule has 2 N–H and O–H groups in total. The second-order valence-electron chi connectivity index (χ2n) is 12.6. The molecule has 4 rings (SSSR count). The van der Waals surface area contributed by atoms with E-state index in [2.05, 4.69) is 15.3 Å². The number of nitrogens with zero attached hydrogens (tertiary/aromatic N) is 4. The molecule has 1 aromatic heterocycles. The Morgan fingerprint density at radius 1 is 1.02 bits per heavy atom. The van der Waals surface area contributed by atoms with Crippen LogP contribution >= 0.6 is 0 Å². The molecular weight excluding hydrogens is 529 g/mol. The van der Waals surface area contributed by atoms with Crippen LogP contribution in [0.3, 0.4) is 0 Å². The van der Waals surface area contributed by atoms with Crippen LogP contribution in [-0.4, -0.2) is 86.7 Å². The highest BCUT2D eigenvalue weighted by atomic mass is 19.1. The molecule has 2 fully saturated rings. The van der Waals surface area contributed by atoms with Gasteiger partial charge in [-0.2, -0.15) is 0 Å². The number of aliphatic hydroxyl groups excluding tert-OH is 1. The van der Waals surface area contributed by atoms with E-state index in [1.165, 1.54) is 24.5 Å². The van der Waals surface area contributed by atoms with Crippen LogP contribution in [0.5, 0.6) is 0 Å². The summed E-state index contributed by atoms with van der Waals surface area (Å²) in [5, 5.41) is 12.1.